The Labute approximate surface area is 92.4 Å². The minimum Gasteiger partial charge on any atom is -0.198 e. The van der Waals surface area contributed by atoms with Gasteiger partial charge in [-0.2, -0.15) is 5.26 Å². The lowest BCUT2D eigenvalue weighted by Gasteiger charge is -2.06. The van der Waals surface area contributed by atoms with E-state index in [1.807, 2.05) is 6.92 Å². The third kappa shape index (κ3) is 1.41. The highest BCUT2D eigenvalue weighted by Gasteiger charge is 2.08. The third-order valence-electron chi connectivity index (χ3n) is 2.32. The molecular weight excluding hydrogens is 210 g/mol. The highest BCUT2D eigenvalue weighted by atomic mass is 32.1. The maximum atomic E-state index is 8.71. The first kappa shape index (κ1) is 9.57. The molecule has 3 heteroatoms. The second kappa shape index (κ2) is 3.64. The average molecular weight is 219 g/mol. The third-order valence-corrected chi connectivity index (χ3v) is 3.69. The molecule has 1 aromatic heterocycles. The Balaban J connectivity index is 2.77. The lowest BCUT2D eigenvalue weighted by molar-refractivity contribution is 1.16. The minimum atomic E-state index is 0.441. The van der Waals surface area contributed by atoms with Crippen molar-refractivity contribution in [3.63, 3.8) is 0 Å². The van der Waals surface area contributed by atoms with Crippen molar-refractivity contribution >= 4 is 34.1 Å². The molecule has 0 aliphatic rings. The van der Waals surface area contributed by atoms with Crippen LogP contribution < -0.4 is 0 Å². The zero-order chi connectivity index (χ0) is 10.1. The van der Waals surface area contributed by atoms with Crippen molar-refractivity contribution in [2.75, 3.05) is 0 Å². The Morgan fingerprint density at radius 3 is 3.07 bits per heavy atom. The molecule has 0 amide bonds. The summed E-state index contributed by atoms with van der Waals surface area (Å²) in [4.78, 5) is 0.961. The van der Waals surface area contributed by atoms with Crippen LogP contribution >= 0.6 is 24.0 Å². The van der Waals surface area contributed by atoms with Gasteiger partial charge in [0.15, 0.2) is 0 Å². The minimum absolute atomic E-state index is 0.441. The van der Waals surface area contributed by atoms with Gasteiger partial charge < -0.3 is 0 Å². The normalized spacial score (nSPS) is 10.4. The number of fused-ring (bicyclic) bond motifs is 1. The van der Waals surface area contributed by atoms with E-state index in [-0.39, 0.29) is 0 Å². The van der Waals surface area contributed by atoms with Crippen molar-refractivity contribution in [3.05, 3.63) is 28.6 Å². The van der Waals surface area contributed by atoms with Crippen LogP contribution in [0, 0.1) is 18.3 Å². The smallest absolute Gasteiger partial charge is 0.0670 e. The van der Waals surface area contributed by atoms with E-state index in [1.165, 1.54) is 4.70 Å². The van der Waals surface area contributed by atoms with E-state index in [0.717, 1.165) is 21.4 Å². The fourth-order valence-corrected chi connectivity index (χ4v) is 2.98. The van der Waals surface area contributed by atoms with Crippen molar-refractivity contribution in [3.8, 4) is 6.07 Å². The van der Waals surface area contributed by atoms with Crippen LogP contribution in [-0.4, -0.2) is 0 Å². The molecular formula is C11H9NS2. The van der Waals surface area contributed by atoms with E-state index >= 15 is 0 Å². The summed E-state index contributed by atoms with van der Waals surface area (Å²) in [5.74, 6) is 0. The van der Waals surface area contributed by atoms with Gasteiger partial charge in [-0.3, -0.25) is 0 Å². The monoisotopic (exact) mass is 219 g/mol. The summed E-state index contributed by atoms with van der Waals surface area (Å²) in [6.07, 6.45) is 0.441. The molecule has 0 aliphatic heterocycles. The van der Waals surface area contributed by atoms with E-state index in [1.54, 1.807) is 11.3 Å². The first-order chi connectivity index (χ1) is 6.74. The lowest BCUT2D eigenvalue weighted by Crippen LogP contribution is -1.89. The SMILES string of the molecule is Cc1cc2sccc2c(S)c1CC#N. The van der Waals surface area contributed by atoms with E-state index in [4.69, 9.17) is 5.26 Å². The van der Waals surface area contributed by atoms with Gasteiger partial charge in [0.2, 0.25) is 0 Å². The zero-order valence-corrected chi connectivity index (χ0v) is 9.45. The number of rotatable bonds is 1. The Morgan fingerprint density at radius 1 is 1.57 bits per heavy atom. The predicted octanol–water partition coefficient (Wildman–Crippen LogP) is 3.56. The molecule has 14 heavy (non-hydrogen) atoms. The van der Waals surface area contributed by atoms with Crippen molar-refractivity contribution in [1.82, 2.24) is 0 Å². The summed E-state index contributed by atoms with van der Waals surface area (Å²) in [5, 5.41) is 11.9. The Morgan fingerprint density at radius 2 is 2.36 bits per heavy atom. The number of nitriles is 1. The van der Waals surface area contributed by atoms with Gasteiger partial charge in [-0.05, 0) is 35.6 Å². The number of benzene rings is 1. The van der Waals surface area contributed by atoms with Crippen LogP contribution in [0.25, 0.3) is 10.1 Å². The van der Waals surface area contributed by atoms with Crippen LogP contribution in [0.15, 0.2) is 22.4 Å². The molecule has 0 saturated carbocycles. The maximum absolute atomic E-state index is 8.71. The molecule has 1 aromatic carbocycles. The summed E-state index contributed by atoms with van der Waals surface area (Å²) in [6, 6.07) is 6.37. The molecule has 0 bridgehead atoms. The van der Waals surface area contributed by atoms with Crippen LogP contribution in [0.5, 0.6) is 0 Å². The molecule has 70 valence electrons. The molecule has 0 aliphatic carbocycles. The van der Waals surface area contributed by atoms with Crippen molar-refractivity contribution in [2.24, 2.45) is 0 Å². The molecule has 0 saturated heterocycles. The van der Waals surface area contributed by atoms with E-state index in [9.17, 15) is 0 Å². The Hall–Kier alpha value is -0.980. The number of thiophene rings is 1. The second-order valence-electron chi connectivity index (χ2n) is 3.19. The molecule has 2 aromatic rings. The van der Waals surface area contributed by atoms with Crippen molar-refractivity contribution < 1.29 is 0 Å². The van der Waals surface area contributed by atoms with Gasteiger partial charge in [-0.1, -0.05) is 0 Å². The van der Waals surface area contributed by atoms with E-state index in [2.05, 4.69) is 36.2 Å². The Kier molecular flexibility index (Phi) is 2.49. The quantitative estimate of drug-likeness (QED) is 0.728. The topological polar surface area (TPSA) is 23.8 Å². The molecule has 0 fully saturated rings. The van der Waals surface area contributed by atoms with E-state index < -0.39 is 0 Å². The molecule has 0 radical (unpaired) electrons. The van der Waals surface area contributed by atoms with Crippen molar-refractivity contribution in [1.29, 1.82) is 5.26 Å². The molecule has 1 heterocycles. The van der Waals surface area contributed by atoms with Gasteiger partial charge in [-0.25, -0.2) is 0 Å². The second-order valence-corrected chi connectivity index (χ2v) is 4.58. The van der Waals surface area contributed by atoms with Crippen LogP contribution in [0.1, 0.15) is 11.1 Å². The zero-order valence-electron chi connectivity index (χ0n) is 7.74. The lowest BCUT2D eigenvalue weighted by atomic mass is 10.0. The van der Waals surface area contributed by atoms with Gasteiger partial charge in [0.05, 0.1) is 12.5 Å². The van der Waals surface area contributed by atoms with Gasteiger partial charge in [0.1, 0.15) is 0 Å². The summed E-state index contributed by atoms with van der Waals surface area (Å²) < 4.78 is 1.24. The van der Waals surface area contributed by atoms with Crippen LogP contribution in [0.3, 0.4) is 0 Å². The summed E-state index contributed by atoms with van der Waals surface area (Å²) in [7, 11) is 0. The first-order valence-corrected chi connectivity index (χ1v) is 5.62. The van der Waals surface area contributed by atoms with Gasteiger partial charge in [0.25, 0.3) is 0 Å². The largest absolute Gasteiger partial charge is 0.198 e. The highest BCUT2D eigenvalue weighted by Crippen LogP contribution is 2.32. The highest BCUT2D eigenvalue weighted by molar-refractivity contribution is 7.80. The number of hydrogen-bond acceptors (Lipinski definition) is 3. The summed E-state index contributed by atoms with van der Waals surface area (Å²) in [6.45, 7) is 2.03. The maximum Gasteiger partial charge on any atom is 0.0670 e. The summed E-state index contributed by atoms with van der Waals surface area (Å²) in [5.41, 5.74) is 2.22. The van der Waals surface area contributed by atoms with Crippen LogP contribution in [0.4, 0.5) is 0 Å². The van der Waals surface area contributed by atoms with Gasteiger partial charge in [-0.15, -0.1) is 24.0 Å². The van der Waals surface area contributed by atoms with Crippen molar-refractivity contribution in [2.45, 2.75) is 18.2 Å². The number of thiol groups is 1. The Bertz CT molecular complexity index is 520. The number of aryl methyl sites for hydroxylation is 1. The first-order valence-electron chi connectivity index (χ1n) is 4.29. The molecule has 0 spiro atoms. The standard InChI is InChI=1S/C11H9NS2/c1-7-6-10-9(3-5-14-10)11(13)8(7)2-4-12/h3,5-6,13H,2H2,1H3. The molecule has 2 rings (SSSR count). The van der Waals surface area contributed by atoms with Crippen LogP contribution in [-0.2, 0) is 6.42 Å². The fraction of sp³-hybridized carbons (Fsp3) is 0.182. The van der Waals surface area contributed by atoms with Gasteiger partial charge >= 0.3 is 0 Å². The van der Waals surface area contributed by atoms with Gasteiger partial charge in [0, 0.05) is 15.0 Å². The number of hydrogen-bond donors (Lipinski definition) is 1. The predicted molar refractivity (Wildman–Crippen MR) is 63.1 cm³/mol. The fourth-order valence-electron chi connectivity index (χ4n) is 1.56. The summed E-state index contributed by atoms with van der Waals surface area (Å²) >= 11 is 6.20. The average Bonchev–Trinajstić information content (AvgIpc) is 2.60. The van der Waals surface area contributed by atoms with Crippen LogP contribution in [0.2, 0.25) is 0 Å². The van der Waals surface area contributed by atoms with E-state index in [0.29, 0.717) is 6.42 Å². The molecule has 1 nitrogen and oxygen atoms in total. The molecule has 0 atom stereocenters. The number of nitrogens with zero attached hydrogens (tertiary/aromatic N) is 1. The molecule has 0 unspecified atom stereocenters. The molecule has 0 N–H and O–H groups in total.